The Morgan fingerprint density at radius 3 is 1.67 bits per heavy atom. The summed E-state index contributed by atoms with van der Waals surface area (Å²) < 4.78 is 104. The Hall–Kier alpha value is -1.71. The Labute approximate surface area is 133 Å². The highest BCUT2D eigenvalue weighted by Crippen LogP contribution is 2.49. The van der Waals surface area contributed by atoms with E-state index in [1.807, 2.05) is 0 Å². The molecule has 0 aliphatic carbocycles. The molecule has 10 heteroatoms. The average Bonchev–Trinajstić information content (AvgIpc) is 2.46. The Kier molecular flexibility index (Phi) is 6.32. The van der Waals surface area contributed by atoms with Gasteiger partial charge in [0.1, 0.15) is 17.6 Å². The maximum atomic E-state index is 13.8. The Morgan fingerprint density at radius 2 is 1.29 bits per heavy atom. The van der Waals surface area contributed by atoms with Gasteiger partial charge >= 0.3 is 18.0 Å². The number of hydrogen-bond donors (Lipinski definition) is 0. The first kappa shape index (κ1) is 20.3. The second-order valence-corrected chi connectivity index (χ2v) is 4.87. The van der Waals surface area contributed by atoms with Crippen molar-refractivity contribution in [3.8, 4) is 11.5 Å². The summed E-state index contributed by atoms with van der Waals surface area (Å²) in [6.45, 7) is -0.663. The van der Waals surface area contributed by atoms with E-state index < -0.39 is 37.2 Å². The quantitative estimate of drug-likeness (QED) is 0.675. The third-order valence-corrected chi connectivity index (χ3v) is 3.12. The average molecular weight is 364 g/mol. The van der Waals surface area contributed by atoms with Crippen LogP contribution in [-0.4, -0.2) is 45.0 Å². The molecule has 1 atom stereocenters. The molecule has 0 aliphatic heterocycles. The van der Waals surface area contributed by atoms with Crippen molar-refractivity contribution in [3.05, 3.63) is 24.3 Å². The fourth-order valence-corrected chi connectivity index (χ4v) is 1.87. The predicted molar refractivity (Wildman–Crippen MR) is 69.9 cm³/mol. The van der Waals surface area contributed by atoms with Crippen LogP contribution in [0, 0.1) is 0 Å². The van der Waals surface area contributed by atoms with Crippen molar-refractivity contribution >= 4 is 0 Å². The summed E-state index contributed by atoms with van der Waals surface area (Å²) in [5.41, 5.74) is -5.41. The van der Waals surface area contributed by atoms with Crippen LogP contribution in [0.15, 0.2) is 24.3 Å². The molecule has 1 aromatic carbocycles. The van der Waals surface area contributed by atoms with E-state index in [0.717, 1.165) is 7.11 Å². The molecular weight excluding hydrogens is 349 g/mol. The van der Waals surface area contributed by atoms with E-state index >= 15 is 0 Å². The number of rotatable bonds is 7. The van der Waals surface area contributed by atoms with Crippen LogP contribution in [0.2, 0.25) is 0 Å². The number of ether oxygens (including phenoxy) is 3. The molecule has 0 aliphatic rings. The monoisotopic (exact) mass is 364 g/mol. The molecule has 1 unspecified atom stereocenters. The van der Waals surface area contributed by atoms with E-state index in [1.54, 1.807) is 0 Å². The molecule has 0 amide bonds. The minimum Gasteiger partial charge on any atom is -0.497 e. The number of methoxy groups -OCH3 is 2. The van der Waals surface area contributed by atoms with E-state index in [-0.39, 0.29) is 5.75 Å². The van der Waals surface area contributed by atoms with Crippen LogP contribution < -0.4 is 9.47 Å². The highest BCUT2D eigenvalue weighted by atomic mass is 19.4. The Morgan fingerprint density at radius 1 is 0.833 bits per heavy atom. The van der Waals surface area contributed by atoms with Gasteiger partial charge < -0.3 is 14.2 Å². The SMILES string of the molecule is COCC(CC(F)(C(F)(F)F)C(F)(F)F)Oc1ccc(OC)cc1. The lowest BCUT2D eigenvalue weighted by Gasteiger charge is -2.32. The van der Waals surface area contributed by atoms with E-state index in [2.05, 4.69) is 4.74 Å². The molecule has 0 spiro atoms. The summed E-state index contributed by atoms with van der Waals surface area (Å²) in [6, 6.07) is 5.30. The highest BCUT2D eigenvalue weighted by Gasteiger charge is 2.73. The van der Waals surface area contributed by atoms with Crippen LogP contribution in [0.3, 0.4) is 0 Å². The van der Waals surface area contributed by atoms with Gasteiger partial charge in [0.2, 0.25) is 0 Å². The summed E-state index contributed by atoms with van der Waals surface area (Å²) in [5.74, 6) is 0.348. The van der Waals surface area contributed by atoms with Gasteiger partial charge in [-0.3, -0.25) is 0 Å². The summed E-state index contributed by atoms with van der Waals surface area (Å²) in [6.07, 6.45) is -16.1. The van der Waals surface area contributed by atoms with Crippen molar-refractivity contribution in [2.45, 2.75) is 30.5 Å². The highest BCUT2D eigenvalue weighted by molar-refractivity contribution is 5.31. The molecule has 1 aromatic rings. The van der Waals surface area contributed by atoms with E-state index in [4.69, 9.17) is 9.47 Å². The molecule has 1 rings (SSSR count). The first-order valence-electron chi connectivity index (χ1n) is 6.56. The molecule has 0 radical (unpaired) electrons. The van der Waals surface area contributed by atoms with Crippen LogP contribution in [-0.2, 0) is 4.74 Å². The minimum atomic E-state index is -6.14. The number of hydrogen-bond acceptors (Lipinski definition) is 3. The van der Waals surface area contributed by atoms with Crippen molar-refractivity contribution in [3.63, 3.8) is 0 Å². The molecule has 0 aromatic heterocycles. The standard InChI is InChI=1S/C14H15F7O3/c1-22-8-11(24-10-5-3-9(23-2)4-6-10)7-12(15,13(16,17)18)14(19,20)21/h3-6,11H,7-8H2,1-2H3. The Balaban J connectivity index is 3.01. The summed E-state index contributed by atoms with van der Waals surface area (Å²) in [7, 11) is 2.42. The second kappa shape index (κ2) is 7.45. The van der Waals surface area contributed by atoms with E-state index in [9.17, 15) is 30.7 Å². The molecule has 24 heavy (non-hydrogen) atoms. The summed E-state index contributed by atoms with van der Waals surface area (Å²) in [4.78, 5) is 0. The molecular formula is C14H15F7O3. The van der Waals surface area contributed by atoms with Crippen molar-refractivity contribution < 1.29 is 44.9 Å². The van der Waals surface area contributed by atoms with Gasteiger partial charge in [0.15, 0.2) is 0 Å². The lowest BCUT2D eigenvalue weighted by atomic mass is 9.96. The van der Waals surface area contributed by atoms with Gasteiger partial charge in [-0.15, -0.1) is 0 Å². The first-order chi connectivity index (χ1) is 10.9. The minimum absolute atomic E-state index is 0.0513. The van der Waals surface area contributed by atoms with Gasteiger partial charge in [-0.1, -0.05) is 0 Å². The molecule has 0 heterocycles. The van der Waals surface area contributed by atoms with E-state index in [0.29, 0.717) is 5.75 Å². The third kappa shape index (κ3) is 4.65. The number of halogens is 7. The smallest absolute Gasteiger partial charge is 0.431 e. The van der Waals surface area contributed by atoms with Gasteiger partial charge in [-0.2, -0.15) is 26.3 Å². The molecule has 0 fully saturated rings. The first-order valence-corrected chi connectivity index (χ1v) is 6.56. The van der Waals surface area contributed by atoms with Crippen LogP contribution in [0.25, 0.3) is 0 Å². The van der Waals surface area contributed by atoms with Gasteiger partial charge in [0.05, 0.1) is 13.7 Å². The van der Waals surface area contributed by atoms with E-state index in [1.165, 1.54) is 31.4 Å². The van der Waals surface area contributed by atoms with Crippen LogP contribution >= 0.6 is 0 Å². The van der Waals surface area contributed by atoms with Gasteiger partial charge in [-0.25, -0.2) is 4.39 Å². The largest absolute Gasteiger partial charge is 0.497 e. The molecule has 0 saturated heterocycles. The normalized spacial score (nSPS) is 14.4. The zero-order valence-electron chi connectivity index (χ0n) is 12.7. The van der Waals surface area contributed by atoms with Gasteiger partial charge in [0.25, 0.3) is 0 Å². The lowest BCUT2D eigenvalue weighted by molar-refractivity contribution is -0.347. The maximum absolute atomic E-state index is 13.8. The van der Waals surface area contributed by atoms with Crippen molar-refractivity contribution in [2.75, 3.05) is 20.8 Å². The van der Waals surface area contributed by atoms with Gasteiger partial charge in [-0.05, 0) is 24.3 Å². The van der Waals surface area contributed by atoms with Crippen molar-refractivity contribution in [2.24, 2.45) is 0 Å². The zero-order chi connectivity index (χ0) is 18.6. The van der Waals surface area contributed by atoms with Gasteiger partial charge in [0, 0.05) is 13.5 Å². The van der Waals surface area contributed by atoms with Crippen LogP contribution in [0.4, 0.5) is 30.7 Å². The summed E-state index contributed by atoms with van der Waals surface area (Å²) >= 11 is 0. The van der Waals surface area contributed by atoms with Crippen LogP contribution in [0.1, 0.15) is 6.42 Å². The van der Waals surface area contributed by atoms with Crippen molar-refractivity contribution in [1.29, 1.82) is 0 Å². The topological polar surface area (TPSA) is 27.7 Å². The zero-order valence-corrected chi connectivity index (χ0v) is 12.7. The maximum Gasteiger partial charge on any atom is 0.431 e. The third-order valence-electron chi connectivity index (χ3n) is 3.12. The fraction of sp³-hybridized carbons (Fsp3) is 0.571. The molecule has 0 bridgehead atoms. The second-order valence-electron chi connectivity index (χ2n) is 4.87. The molecule has 0 saturated carbocycles. The predicted octanol–water partition coefficient (Wildman–Crippen LogP) is 4.31. The fourth-order valence-electron chi connectivity index (χ4n) is 1.87. The summed E-state index contributed by atoms with van der Waals surface area (Å²) in [5, 5.41) is 0. The van der Waals surface area contributed by atoms with Crippen LogP contribution in [0.5, 0.6) is 11.5 Å². The lowest BCUT2D eigenvalue weighted by Crippen LogP contribution is -2.56. The Bertz CT molecular complexity index is 497. The molecule has 3 nitrogen and oxygen atoms in total. The number of alkyl halides is 7. The molecule has 0 N–H and O–H groups in total. The molecule has 138 valence electrons. The number of benzene rings is 1. The van der Waals surface area contributed by atoms with Crippen molar-refractivity contribution in [1.82, 2.24) is 0 Å².